The zero-order valence-electron chi connectivity index (χ0n) is 32.4. The number of nitrogens with two attached hydrogens (primary N) is 1. The molecule has 21 heteroatoms. The molecule has 2 aromatic carbocycles. The van der Waals surface area contributed by atoms with Crippen molar-refractivity contribution in [2.75, 3.05) is 35.9 Å². The highest BCUT2D eigenvalue weighted by Gasteiger charge is 2.17. The van der Waals surface area contributed by atoms with Crippen LogP contribution in [0.3, 0.4) is 0 Å². The van der Waals surface area contributed by atoms with Crippen molar-refractivity contribution >= 4 is 97.1 Å². The number of halogens is 3. The summed E-state index contributed by atoms with van der Waals surface area (Å²) in [4.78, 5) is 33.4. The van der Waals surface area contributed by atoms with Crippen LogP contribution in [-0.4, -0.2) is 64.1 Å². The number of para-hydroxylation sites is 2. The molecule has 0 saturated heterocycles. The van der Waals surface area contributed by atoms with E-state index in [-0.39, 0.29) is 23.7 Å². The molecule has 6 aromatic heterocycles. The van der Waals surface area contributed by atoms with Gasteiger partial charge < -0.3 is 31.2 Å². The zero-order chi connectivity index (χ0) is 42.4. The molecular formula is C39H41Cl3N14O4. The standard InChI is InChI=1S/C19H18ClN7O2.C14H12Cl2N4O2.C5H7N3.CH4/c1-10-7-8-14(25-24-10)22-15-9-13(16-18(23-15)26-27(2)19(16)28)21-12-6-4-5-11(20)17(12)29-3;1-20-14(21)11-9(6-10(16)18-13(11)19-20)17-8-5-3-4-7(15)12(8)22-2;1-4-2-3-5(6)8-7-4;/h4-9H,1-3H3,(H3,21,22,23,25,26);3-6H,1-2H3,(H2,17,18,19);2-3H,1H3,(H2,6,8);1H4. The van der Waals surface area contributed by atoms with Crippen LogP contribution < -0.4 is 42.3 Å². The Morgan fingerprint density at radius 1 is 0.617 bits per heavy atom. The van der Waals surface area contributed by atoms with Crippen molar-refractivity contribution in [3.8, 4) is 11.5 Å². The molecule has 8 aromatic rings. The Morgan fingerprint density at radius 3 is 1.58 bits per heavy atom. The molecule has 312 valence electrons. The van der Waals surface area contributed by atoms with E-state index in [1.54, 1.807) is 68.7 Å². The number of nitrogens with zero attached hydrogens (tertiary/aromatic N) is 8. The number of hydrogen-bond acceptors (Lipinski definition) is 14. The molecule has 0 saturated carbocycles. The Bertz CT molecular complexity index is 2860. The lowest BCUT2D eigenvalue weighted by Crippen LogP contribution is -2.12. The van der Waals surface area contributed by atoms with E-state index in [4.69, 9.17) is 50.0 Å². The summed E-state index contributed by atoms with van der Waals surface area (Å²) in [7, 11) is 6.30. The molecule has 18 nitrogen and oxygen atoms in total. The molecule has 6 heterocycles. The minimum atomic E-state index is -0.210. The molecule has 0 unspecified atom stereocenters. The average molecular weight is 876 g/mol. The zero-order valence-corrected chi connectivity index (χ0v) is 34.6. The van der Waals surface area contributed by atoms with Crippen molar-refractivity contribution in [2.45, 2.75) is 21.3 Å². The predicted octanol–water partition coefficient (Wildman–Crippen LogP) is 7.83. The van der Waals surface area contributed by atoms with Crippen LogP contribution in [-0.2, 0) is 14.1 Å². The van der Waals surface area contributed by atoms with Gasteiger partial charge in [-0.05, 0) is 68.4 Å². The van der Waals surface area contributed by atoms with Gasteiger partial charge in [-0.2, -0.15) is 10.2 Å². The maximum Gasteiger partial charge on any atom is 0.277 e. The topological polar surface area (TPSA) is 233 Å². The fourth-order valence-electron chi connectivity index (χ4n) is 5.60. The SMILES string of the molecule is C.COc1c(Cl)cccc1Nc1cc(Cl)nc2[nH]n(C)c(=O)c12.COc1c(Cl)cccc1Nc1cc(Nc2ccc(C)nn2)nc2[nH]n(C)c(=O)c12.Cc1ccc(N)nn1. The fourth-order valence-corrected chi connectivity index (χ4v) is 6.29. The van der Waals surface area contributed by atoms with E-state index in [0.29, 0.717) is 83.8 Å². The van der Waals surface area contributed by atoms with Crippen LogP contribution in [0.5, 0.6) is 11.5 Å². The maximum absolute atomic E-state index is 12.6. The number of methoxy groups -OCH3 is 2. The minimum absolute atomic E-state index is 0. The van der Waals surface area contributed by atoms with Crippen molar-refractivity contribution in [1.29, 1.82) is 0 Å². The number of aromatic nitrogens is 10. The Hall–Kier alpha value is -6.89. The number of nitrogen functional groups attached to an aromatic ring is 1. The summed E-state index contributed by atoms with van der Waals surface area (Å²) in [6.45, 7) is 3.72. The molecule has 0 aliphatic heterocycles. The Morgan fingerprint density at radius 2 is 1.12 bits per heavy atom. The number of aromatic amines is 2. The summed E-state index contributed by atoms with van der Waals surface area (Å²) >= 11 is 18.3. The van der Waals surface area contributed by atoms with Gasteiger partial charge in [0.1, 0.15) is 27.6 Å². The molecule has 0 bridgehead atoms. The largest absolute Gasteiger partial charge is 0.493 e. The van der Waals surface area contributed by atoms with Crippen LogP contribution in [0.1, 0.15) is 18.8 Å². The third kappa shape index (κ3) is 10.0. The minimum Gasteiger partial charge on any atom is -0.493 e. The van der Waals surface area contributed by atoms with E-state index in [2.05, 4.69) is 56.5 Å². The maximum atomic E-state index is 12.6. The van der Waals surface area contributed by atoms with E-state index in [0.717, 1.165) is 11.4 Å². The number of fused-ring (bicyclic) bond motifs is 2. The number of rotatable bonds is 8. The van der Waals surface area contributed by atoms with Gasteiger partial charge in [0.15, 0.2) is 28.6 Å². The van der Waals surface area contributed by atoms with Gasteiger partial charge in [0.25, 0.3) is 11.1 Å². The highest BCUT2D eigenvalue weighted by molar-refractivity contribution is 6.33. The smallest absolute Gasteiger partial charge is 0.277 e. The predicted molar refractivity (Wildman–Crippen MR) is 238 cm³/mol. The summed E-state index contributed by atoms with van der Waals surface area (Å²) in [5.74, 6) is 2.45. The summed E-state index contributed by atoms with van der Waals surface area (Å²) in [6.07, 6.45) is 0. The third-order valence-corrected chi connectivity index (χ3v) is 9.13. The normalized spacial score (nSPS) is 10.5. The van der Waals surface area contributed by atoms with E-state index in [9.17, 15) is 9.59 Å². The third-order valence-electron chi connectivity index (χ3n) is 8.35. The molecule has 0 radical (unpaired) electrons. The van der Waals surface area contributed by atoms with Crippen LogP contribution in [0.25, 0.3) is 22.1 Å². The van der Waals surface area contributed by atoms with Crippen molar-refractivity contribution < 1.29 is 9.47 Å². The summed E-state index contributed by atoms with van der Waals surface area (Å²) in [6, 6.07) is 21.1. The van der Waals surface area contributed by atoms with Crippen LogP contribution in [0, 0.1) is 13.8 Å². The summed E-state index contributed by atoms with van der Waals surface area (Å²) < 4.78 is 13.4. The Balaban J connectivity index is 0.000000194. The van der Waals surface area contributed by atoms with Crippen LogP contribution >= 0.6 is 34.8 Å². The first-order valence-corrected chi connectivity index (χ1v) is 18.6. The van der Waals surface area contributed by atoms with Crippen molar-refractivity contribution in [3.05, 3.63) is 120 Å². The van der Waals surface area contributed by atoms with Gasteiger partial charge in [-0.3, -0.25) is 29.2 Å². The van der Waals surface area contributed by atoms with Crippen LogP contribution in [0.2, 0.25) is 15.2 Å². The molecule has 0 amide bonds. The van der Waals surface area contributed by atoms with Gasteiger partial charge in [0.05, 0.1) is 58.4 Å². The number of hydrogen-bond donors (Lipinski definition) is 6. The number of ether oxygens (including phenoxy) is 2. The molecule has 0 aliphatic rings. The molecule has 0 spiro atoms. The van der Waals surface area contributed by atoms with E-state index >= 15 is 0 Å². The second-order valence-corrected chi connectivity index (χ2v) is 13.8. The molecule has 0 atom stereocenters. The number of pyridine rings is 2. The number of H-pyrrole nitrogens is 2. The van der Waals surface area contributed by atoms with Crippen molar-refractivity contribution in [1.82, 2.24) is 49.9 Å². The molecular weight excluding hydrogens is 835 g/mol. The van der Waals surface area contributed by atoms with Crippen molar-refractivity contribution in [2.24, 2.45) is 14.1 Å². The number of nitrogens with one attached hydrogen (secondary N) is 5. The van der Waals surface area contributed by atoms with Crippen LogP contribution in [0.15, 0.2) is 82.4 Å². The fraction of sp³-hybridized carbons (Fsp3) is 0.179. The Kier molecular flexibility index (Phi) is 14.2. The van der Waals surface area contributed by atoms with Gasteiger partial charge >= 0.3 is 0 Å². The molecule has 7 N–H and O–H groups in total. The second-order valence-electron chi connectivity index (χ2n) is 12.6. The first-order chi connectivity index (χ1) is 28.3. The van der Waals surface area contributed by atoms with Gasteiger partial charge in [-0.1, -0.05) is 54.4 Å². The lowest BCUT2D eigenvalue weighted by molar-refractivity contribution is 0.417. The quantitative estimate of drug-likeness (QED) is 0.0799. The summed E-state index contributed by atoms with van der Waals surface area (Å²) in [5, 5.41) is 32.7. The Labute approximate surface area is 358 Å². The molecule has 0 fully saturated rings. The van der Waals surface area contributed by atoms with Gasteiger partial charge in [-0.25, -0.2) is 9.97 Å². The van der Waals surface area contributed by atoms with Gasteiger partial charge in [0.2, 0.25) is 0 Å². The highest BCUT2D eigenvalue weighted by atomic mass is 35.5. The van der Waals surface area contributed by atoms with E-state index in [1.165, 1.54) is 23.6 Å². The molecule has 8 rings (SSSR count). The van der Waals surface area contributed by atoms with E-state index < -0.39 is 0 Å². The van der Waals surface area contributed by atoms with Gasteiger partial charge in [0, 0.05) is 20.2 Å². The number of aryl methyl sites for hydroxylation is 4. The molecule has 60 heavy (non-hydrogen) atoms. The monoisotopic (exact) mass is 874 g/mol. The van der Waals surface area contributed by atoms with E-state index in [1.807, 2.05) is 32.0 Å². The van der Waals surface area contributed by atoms with Crippen molar-refractivity contribution in [3.63, 3.8) is 0 Å². The summed E-state index contributed by atoms with van der Waals surface area (Å²) in [5.41, 5.74) is 9.68. The lowest BCUT2D eigenvalue weighted by Gasteiger charge is -2.14. The second kappa shape index (κ2) is 19.2. The van der Waals surface area contributed by atoms with Crippen LogP contribution in [0.4, 0.5) is 40.2 Å². The molecule has 0 aliphatic carbocycles. The lowest BCUT2D eigenvalue weighted by atomic mass is 10.2. The number of benzene rings is 2. The first kappa shape index (κ1) is 44.2. The van der Waals surface area contributed by atoms with Gasteiger partial charge in [-0.15, -0.1) is 10.2 Å². The number of anilines is 7. The highest BCUT2D eigenvalue weighted by Crippen LogP contribution is 2.37. The average Bonchev–Trinajstić information content (AvgIpc) is 3.66. The first-order valence-electron chi connectivity index (χ1n) is 17.4.